The first-order chi connectivity index (χ1) is 16.6. The van der Waals surface area contributed by atoms with Crippen molar-refractivity contribution in [2.24, 2.45) is 0 Å². The number of hydrogen-bond acceptors (Lipinski definition) is 3. The molecule has 172 valence electrons. The number of carbonyl (C=O) groups excluding carboxylic acids is 1. The smallest absolute Gasteiger partial charge is 0.251 e. The Balaban J connectivity index is 1.37. The zero-order valence-corrected chi connectivity index (χ0v) is 20.0. The number of H-pyrrole nitrogens is 1. The predicted molar refractivity (Wildman–Crippen MR) is 135 cm³/mol. The second kappa shape index (κ2) is 10.0. The van der Waals surface area contributed by atoms with Gasteiger partial charge in [-0.1, -0.05) is 77.8 Å². The van der Waals surface area contributed by atoms with E-state index in [1.807, 2.05) is 66.7 Å². The highest BCUT2D eigenvalue weighted by Gasteiger charge is 2.31. The fraction of sp³-hybridized carbons (Fsp3) is 0.185. The van der Waals surface area contributed by atoms with Crippen molar-refractivity contribution in [1.82, 2.24) is 20.2 Å². The molecule has 7 heteroatoms. The number of carbonyl (C=O) groups is 1. The lowest BCUT2D eigenvalue weighted by Crippen LogP contribution is -2.36. The lowest BCUT2D eigenvalue weighted by atomic mass is 9.94. The molecule has 0 fully saturated rings. The number of fused-ring (bicyclic) bond motifs is 1. The summed E-state index contributed by atoms with van der Waals surface area (Å²) in [5, 5.41) is 4.12. The Labute approximate surface area is 208 Å². The van der Waals surface area contributed by atoms with Crippen molar-refractivity contribution in [3.8, 4) is 0 Å². The molecule has 0 spiro atoms. The molecule has 0 radical (unpaired) electrons. The Bertz CT molecular complexity index is 1290. The SMILES string of the molecule is O=C(NCc1ccccc1)c1ccc(C2c3nc[nH]c3CCN2Cc2cccc(Cl)c2Cl)cc1. The molecule has 0 aliphatic carbocycles. The summed E-state index contributed by atoms with van der Waals surface area (Å²) in [4.78, 5) is 22.9. The normalized spacial score (nSPS) is 15.6. The van der Waals surface area contributed by atoms with Gasteiger partial charge < -0.3 is 10.3 Å². The molecule has 1 unspecified atom stereocenters. The number of amides is 1. The molecule has 1 aliphatic rings. The summed E-state index contributed by atoms with van der Waals surface area (Å²) < 4.78 is 0. The minimum absolute atomic E-state index is 0.0496. The Morgan fingerprint density at radius 1 is 1.03 bits per heavy atom. The summed E-state index contributed by atoms with van der Waals surface area (Å²) in [5.74, 6) is -0.0953. The van der Waals surface area contributed by atoms with E-state index in [-0.39, 0.29) is 11.9 Å². The van der Waals surface area contributed by atoms with E-state index in [4.69, 9.17) is 23.2 Å². The molecule has 3 aromatic carbocycles. The Hall–Kier alpha value is -3.12. The van der Waals surface area contributed by atoms with Crippen LogP contribution in [0.25, 0.3) is 0 Å². The van der Waals surface area contributed by atoms with E-state index >= 15 is 0 Å². The van der Waals surface area contributed by atoms with Gasteiger partial charge in [0, 0.05) is 37.3 Å². The molecule has 34 heavy (non-hydrogen) atoms. The predicted octanol–water partition coefficient (Wildman–Crippen LogP) is 5.79. The van der Waals surface area contributed by atoms with Crippen LogP contribution in [0.15, 0.2) is 79.1 Å². The van der Waals surface area contributed by atoms with E-state index < -0.39 is 0 Å². The molecule has 1 atom stereocenters. The van der Waals surface area contributed by atoms with Gasteiger partial charge in [-0.2, -0.15) is 0 Å². The van der Waals surface area contributed by atoms with E-state index in [2.05, 4.69) is 20.2 Å². The first-order valence-electron chi connectivity index (χ1n) is 11.2. The molecule has 1 aromatic heterocycles. The Morgan fingerprint density at radius 2 is 1.82 bits per heavy atom. The van der Waals surface area contributed by atoms with E-state index in [0.29, 0.717) is 28.7 Å². The monoisotopic (exact) mass is 490 g/mol. The number of nitrogens with zero attached hydrogens (tertiary/aromatic N) is 2. The van der Waals surface area contributed by atoms with Crippen molar-refractivity contribution < 1.29 is 4.79 Å². The number of imidazole rings is 1. The lowest BCUT2D eigenvalue weighted by Gasteiger charge is -2.35. The molecular formula is C27H24Cl2N4O. The van der Waals surface area contributed by atoms with Crippen molar-refractivity contribution in [3.05, 3.63) is 123 Å². The fourth-order valence-corrected chi connectivity index (χ4v) is 4.83. The van der Waals surface area contributed by atoms with E-state index in [1.54, 1.807) is 12.4 Å². The molecule has 0 saturated carbocycles. The highest BCUT2D eigenvalue weighted by Crippen LogP contribution is 2.36. The number of aromatic nitrogens is 2. The number of hydrogen-bond donors (Lipinski definition) is 2. The molecule has 2 N–H and O–H groups in total. The average molecular weight is 491 g/mol. The Kier molecular flexibility index (Phi) is 6.68. The molecule has 5 rings (SSSR count). The average Bonchev–Trinajstić information content (AvgIpc) is 3.35. The van der Waals surface area contributed by atoms with Gasteiger partial charge in [0.2, 0.25) is 0 Å². The summed E-state index contributed by atoms with van der Waals surface area (Å²) >= 11 is 12.7. The first-order valence-corrected chi connectivity index (χ1v) is 12.0. The van der Waals surface area contributed by atoms with Crippen LogP contribution in [0.1, 0.15) is 44.5 Å². The number of halogens is 2. The number of nitrogens with one attached hydrogen (secondary N) is 2. The van der Waals surface area contributed by atoms with Crippen molar-refractivity contribution in [1.29, 1.82) is 0 Å². The van der Waals surface area contributed by atoms with Crippen LogP contribution in [-0.4, -0.2) is 27.3 Å². The second-order valence-corrected chi connectivity index (χ2v) is 9.18. The fourth-order valence-electron chi connectivity index (χ4n) is 4.45. The van der Waals surface area contributed by atoms with Gasteiger partial charge in [-0.15, -0.1) is 0 Å². The molecule has 0 saturated heterocycles. The maximum absolute atomic E-state index is 12.7. The molecule has 4 aromatic rings. The summed E-state index contributed by atoms with van der Waals surface area (Å²) in [6.45, 7) is 1.99. The van der Waals surface area contributed by atoms with Crippen LogP contribution in [0.2, 0.25) is 10.0 Å². The molecule has 5 nitrogen and oxygen atoms in total. The van der Waals surface area contributed by atoms with E-state index in [1.165, 1.54) is 0 Å². The molecule has 1 amide bonds. The van der Waals surface area contributed by atoms with Gasteiger partial charge in [0.1, 0.15) is 0 Å². The van der Waals surface area contributed by atoms with Gasteiger partial charge in [-0.25, -0.2) is 4.98 Å². The maximum Gasteiger partial charge on any atom is 0.251 e. The standard InChI is InChI=1S/C27H24Cl2N4O/c28-22-8-4-7-21(24(22)29)16-33-14-13-23-25(32-17-31-23)26(33)19-9-11-20(12-10-19)27(34)30-15-18-5-2-1-3-6-18/h1-12,17,26H,13-16H2,(H,30,34)(H,31,32). The van der Waals surface area contributed by atoms with Gasteiger partial charge in [0.05, 0.1) is 28.1 Å². The van der Waals surface area contributed by atoms with Gasteiger partial charge >= 0.3 is 0 Å². The van der Waals surface area contributed by atoms with Crippen LogP contribution in [-0.2, 0) is 19.5 Å². The first kappa shape index (κ1) is 22.7. The van der Waals surface area contributed by atoms with Crippen molar-refractivity contribution in [3.63, 3.8) is 0 Å². The zero-order chi connectivity index (χ0) is 23.5. The topological polar surface area (TPSA) is 61.0 Å². The zero-order valence-electron chi connectivity index (χ0n) is 18.5. The third-order valence-corrected chi connectivity index (χ3v) is 7.07. The van der Waals surface area contributed by atoms with Gasteiger partial charge in [-0.05, 0) is 34.9 Å². The summed E-state index contributed by atoms with van der Waals surface area (Å²) in [7, 11) is 0. The summed E-state index contributed by atoms with van der Waals surface area (Å²) in [6.07, 6.45) is 2.63. The van der Waals surface area contributed by atoms with Crippen LogP contribution in [0.5, 0.6) is 0 Å². The third kappa shape index (κ3) is 4.73. The highest BCUT2D eigenvalue weighted by atomic mass is 35.5. The van der Waals surface area contributed by atoms with E-state index in [9.17, 15) is 4.79 Å². The van der Waals surface area contributed by atoms with Crippen molar-refractivity contribution in [2.45, 2.75) is 25.6 Å². The molecular weight excluding hydrogens is 467 g/mol. The third-order valence-electron chi connectivity index (χ3n) is 6.21. The largest absolute Gasteiger partial charge is 0.348 e. The Morgan fingerprint density at radius 3 is 2.62 bits per heavy atom. The lowest BCUT2D eigenvalue weighted by molar-refractivity contribution is 0.0951. The van der Waals surface area contributed by atoms with Gasteiger partial charge in [0.15, 0.2) is 0 Å². The highest BCUT2D eigenvalue weighted by molar-refractivity contribution is 6.42. The minimum Gasteiger partial charge on any atom is -0.348 e. The summed E-state index contributed by atoms with van der Waals surface area (Å²) in [6, 6.07) is 23.3. The summed E-state index contributed by atoms with van der Waals surface area (Å²) in [5.41, 5.74) is 5.90. The number of aromatic amines is 1. The van der Waals surface area contributed by atoms with Crippen LogP contribution in [0.3, 0.4) is 0 Å². The second-order valence-electron chi connectivity index (χ2n) is 8.39. The van der Waals surface area contributed by atoms with Gasteiger partial charge in [-0.3, -0.25) is 9.69 Å². The van der Waals surface area contributed by atoms with Crippen LogP contribution < -0.4 is 5.32 Å². The molecule has 1 aliphatic heterocycles. The number of benzene rings is 3. The van der Waals surface area contributed by atoms with Crippen LogP contribution >= 0.6 is 23.2 Å². The minimum atomic E-state index is -0.0953. The maximum atomic E-state index is 12.7. The number of rotatable bonds is 6. The van der Waals surface area contributed by atoms with Gasteiger partial charge in [0.25, 0.3) is 5.91 Å². The quantitative estimate of drug-likeness (QED) is 0.359. The van der Waals surface area contributed by atoms with Crippen molar-refractivity contribution >= 4 is 29.1 Å². The van der Waals surface area contributed by atoms with Crippen molar-refractivity contribution in [2.75, 3.05) is 6.54 Å². The molecule has 2 heterocycles. The van der Waals surface area contributed by atoms with E-state index in [0.717, 1.165) is 41.0 Å². The molecule has 0 bridgehead atoms. The van der Waals surface area contributed by atoms with Crippen LogP contribution in [0, 0.1) is 0 Å². The van der Waals surface area contributed by atoms with Crippen LogP contribution in [0.4, 0.5) is 0 Å².